The lowest BCUT2D eigenvalue weighted by Crippen LogP contribution is -2.20. The minimum atomic E-state index is -1.09. The maximum absolute atomic E-state index is 12.5. The number of rotatable bonds is 4. The van der Waals surface area contributed by atoms with E-state index in [9.17, 15) is 9.00 Å². The first-order chi connectivity index (χ1) is 10.6. The second-order valence-electron chi connectivity index (χ2n) is 5.50. The SMILES string of the molecule is O=C(O)NCC#Cc1cccc(S(=O)CC2CCCCC2)c1. The lowest BCUT2D eigenvalue weighted by atomic mass is 9.91. The molecule has 118 valence electrons. The molecule has 0 aliphatic heterocycles. The summed E-state index contributed by atoms with van der Waals surface area (Å²) in [6, 6.07) is 7.41. The van der Waals surface area contributed by atoms with E-state index in [0.29, 0.717) is 5.92 Å². The van der Waals surface area contributed by atoms with Crippen LogP contribution < -0.4 is 5.32 Å². The summed E-state index contributed by atoms with van der Waals surface area (Å²) in [5.41, 5.74) is 0.765. The van der Waals surface area contributed by atoms with Crippen LogP contribution in [0.1, 0.15) is 37.7 Å². The Kier molecular flexibility index (Phi) is 6.47. The maximum Gasteiger partial charge on any atom is 0.405 e. The van der Waals surface area contributed by atoms with Gasteiger partial charge in [-0.15, -0.1) is 0 Å². The molecule has 1 fully saturated rings. The quantitative estimate of drug-likeness (QED) is 0.838. The van der Waals surface area contributed by atoms with Crippen molar-refractivity contribution in [2.24, 2.45) is 5.92 Å². The molecule has 2 N–H and O–H groups in total. The third-order valence-electron chi connectivity index (χ3n) is 3.77. The highest BCUT2D eigenvalue weighted by Crippen LogP contribution is 2.25. The number of amides is 1. The molecule has 1 amide bonds. The van der Waals surface area contributed by atoms with Gasteiger partial charge in [-0.05, 0) is 37.0 Å². The predicted molar refractivity (Wildman–Crippen MR) is 87.2 cm³/mol. The normalized spacial score (nSPS) is 16.4. The Morgan fingerprint density at radius 1 is 1.32 bits per heavy atom. The van der Waals surface area contributed by atoms with Gasteiger partial charge in [0.1, 0.15) is 0 Å². The number of benzene rings is 1. The van der Waals surface area contributed by atoms with Crippen LogP contribution in [-0.2, 0) is 10.8 Å². The summed E-state index contributed by atoms with van der Waals surface area (Å²) in [7, 11) is -0.983. The van der Waals surface area contributed by atoms with Gasteiger partial charge in [0.2, 0.25) is 0 Å². The van der Waals surface area contributed by atoms with Crippen molar-refractivity contribution in [2.45, 2.75) is 37.0 Å². The standard InChI is InChI=1S/C17H21NO3S/c19-17(20)18-11-5-9-14-8-4-10-16(12-14)22(21)13-15-6-2-1-3-7-15/h4,8,10,12,15,18H,1-3,6-7,11,13H2,(H,19,20). The highest BCUT2D eigenvalue weighted by atomic mass is 32.2. The van der Waals surface area contributed by atoms with Gasteiger partial charge in [-0.1, -0.05) is 37.2 Å². The van der Waals surface area contributed by atoms with Crippen molar-refractivity contribution in [3.8, 4) is 11.8 Å². The number of hydrogen-bond acceptors (Lipinski definition) is 2. The van der Waals surface area contributed by atoms with Gasteiger partial charge in [0.15, 0.2) is 0 Å². The fraction of sp³-hybridized carbons (Fsp3) is 0.471. The Morgan fingerprint density at radius 2 is 2.09 bits per heavy atom. The van der Waals surface area contributed by atoms with E-state index in [1.54, 1.807) is 0 Å². The first-order valence-electron chi connectivity index (χ1n) is 7.59. The molecule has 1 aromatic carbocycles. The molecular formula is C17H21NO3S. The zero-order chi connectivity index (χ0) is 15.8. The van der Waals surface area contributed by atoms with Gasteiger partial charge in [0.05, 0.1) is 17.3 Å². The first-order valence-corrected chi connectivity index (χ1v) is 8.91. The van der Waals surface area contributed by atoms with Gasteiger partial charge in [-0.25, -0.2) is 4.79 Å². The molecule has 1 aromatic rings. The van der Waals surface area contributed by atoms with Crippen molar-refractivity contribution < 1.29 is 14.1 Å². The van der Waals surface area contributed by atoms with Crippen molar-refractivity contribution >= 4 is 16.9 Å². The second-order valence-corrected chi connectivity index (χ2v) is 7.00. The Morgan fingerprint density at radius 3 is 2.82 bits per heavy atom. The molecule has 2 rings (SSSR count). The third-order valence-corrected chi connectivity index (χ3v) is 5.32. The van der Waals surface area contributed by atoms with Gasteiger partial charge in [-0.3, -0.25) is 4.21 Å². The van der Waals surface area contributed by atoms with Crippen LogP contribution >= 0.6 is 0 Å². The third kappa shape index (κ3) is 5.53. The molecule has 0 aromatic heterocycles. The minimum absolute atomic E-state index is 0.0880. The van der Waals surface area contributed by atoms with Gasteiger partial charge in [0.25, 0.3) is 0 Å². The van der Waals surface area contributed by atoms with Crippen LogP contribution in [0.15, 0.2) is 29.2 Å². The Labute approximate surface area is 133 Å². The Hall–Kier alpha value is -1.80. The summed E-state index contributed by atoms with van der Waals surface area (Å²) >= 11 is 0. The van der Waals surface area contributed by atoms with E-state index in [4.69, 9.17) is 5.11 Å². The summed E-state index contributed by atoms with van der Waals surface area (Å²) in [6.07, 6.45) is 5.10. The van der Waals surface area contributed by atoms with E-state index in [1.165, 1.54) is 32.1 Å². The summed E-state index contributed by atoms with van der Waals surface area (Å²) in [4.78, 5) is 11.1. The van der Waals surface area contributed by atoms with Crippen LogP contribution in [0.25, 0.3) is 0 Å². The molecular weight excluding hydrogens is 298 g/mol. The molecule has 1 saturated carbocycles. The van der Waals surface area contributed by atoms with Crippen molar-refractivity contribution in [1.82, 2.24) is 5.32 Å². The smallest absolute Gasteiger partial charge is 0.405 e. The molecule has 5 heteroatoms. The van der Waals surface area contributed by atoms with Crippen LogP contribution in [-0.4, -0.2) is 27.7 Å². The fourth-order valence-corrected chi connectivity index (χ4v) is 4.09. The van der Waals surface area contributed by atoms with Crippen LogP contribution in [0.3, 0.4) is 0 Å². The zero-order valence-electron chi connectivity index (χ0n) is 12.5. The number of hydrogen-bond donors (Lipinski definition) is 2. The molecule has 1 atom stereocenters. The Bertz CT molecular complexity index is 597. The van der Waals surface area contributed by atoms with E-state index in [2.05, 4.69) is 17.2 Å². The van der Waals surface area contributed by atoms with Crippen LogP contribution in [0.4, 0.5) is 4.79 Å². The largest absolute Gasteiger partial charge is 0.465 e. The number of nitrogens with one attached hydrogen (secondary N) is 1. The molecule has 0 saturated heterocycles. The Balaban J connectivity index is 1.94. The lowest BCUT2D eigenvalue weighted by Gasteiger charge is -2.20. The van der Waals surface area contributed by atoms with Gasteiger partial charge in [0, 0.05) is 16.2 Å². The summed E-state index contributed by atoms with van der Waals surface area (Å²) in [5.74, 6) is 6.94. The molecule has 0 spiro atoms. The molecule has 0 radical (unpaired) electrons. The van der Waals surface area contributed by atoms with Gasteiger partial charge >= 0.3 is 6.09 Å². The van der Waals surface area contributed by atoms with E-state index < -0.39 is 16.9 Å². The van der Waals surface area contributed by atoms with Gasteiger partial charge < -0.3 is 10.4 Å². The van der Waals surface area contributed by atoms with Gasteiger partial charge in [-0.2, -0.15) is 0 Å². The zero-order valence-corrected chi connectivity index (χ0v) is 13.3. The topological polar surface area (TPSA) is 66.4 Å². The van der Waals surface area contributed by atoms with Crippen molar-refractivity contribution in [2.75, 3.05) is 12.3 Å². The molecule has 1 unspecified atom stereocenters. The highest BCUT2D eigenvalue weighted by molar-refractivity contribution is 7.85. The van der Waals surface area contributed by atoms with Crippen LogP contribution in [0.2, 0.25) is 0 Å². The van der Waals surface area contributed by atoms with E-state index in [-0.39, 0.29) is 6.54 Å². The van der Waals surface area contributed by atoms with Crippen molar-refractivity contribution in [1.29, 1.82) is 0 Å². The average Bonchev–Trinajstić information content (AvgIpc) is 2.53. The average molecular weight is 319 g/mol. The van der Waals surface area contributed by atoms with Crippen molar-refractivity contribution in [3.63, 3.8) is 0 Å². The fourth-order valence-electron chi connectivity index (χ4n) is 2.65. The maximum atomic E-state index is 12.5. The molecule has 1 aliphatic carbocycles. The molecule has 0 heterocycles. The molecule has 22 heavy (non-hydrogen) atoms. The highest BCUT2D eigenvalue weighted by Gasteiger charge is 2.17. The molecule has 0 bridgehead atoms. The van der Waals surface area contributed by atoms with Crippen molar-refractivity contribution in [3.05, 3.63) is 29.8 Å². The van der Waals surface area contributed by atoms with Crippen LogP contribution in [0.5, 0.6) is 0 Å². The summed E-state index contributed by atoms with van der Waals surface area (Å²) < 4.78 is 12.5. The molecule has 1 aliphatic rings. The first kappa shape index (κ1) is 16.6. The van der Waals surface area contributed by atoms with E-state index in [0.717, 1.165) is 16.2 Å². The number of carbonyl (C=O) groups is 1. The summed E-state index contributed by atoms with van der Waals surface area (Å²) in [5, 5.41) is 10.7. The monoisotopic (exact) mass is 319 g/mol. The van der Waals surface area contributed by atoms with Crippen LogP contribution in [0, 0.1) is 17.8 Å². The minimum Gasteiger partial charge on any atom is -0.465 e. The van der Waals surface area contributed by atoms with E-state index in [1.807, 2.05) is 24.3 Å². The number of carboxylic acid groups (broad SMARTS) is 1. The second kappa shape index (κ2) is 8.60. The lowest BCUT2D eigenvalue weighted by molar-refractivity contribution is 0.196. The van der Waals surface area contributed by atoms with E-state index >= 15 is 0 Å². The summed E-state index contributed by atoms with van der Waals surface area (Å²) in [6.45, 7) is 0.0880. The predicted octanol–water partition coefficient (Wildman–Crippen LogP) is 2.99. The molecule has 4 nitrogen and oxygen atoms in total.